The summed E-state index contributed by atoms with van der Waals surface area (Å²) >= 11 is 0. The molecule has 1 N–H and O–H groups in total. The van der Waals surface area contributed by atoms with Crippen LogP contribution >= 0.6 is 0 Å². The Kier molecular flexibility index (Phi) is 4.96. The summed E-state index contributed by atoms with van der Waals surface area (Å²) < 4.78 is 1.97. The molecule has 154 valence electrons. The van der Waals surface area contributed by atoms with Crippen LogP contribution in [0.1, 0.15) is 12.0 Å². The maximum absolute atomic E-state index is 12.9. The topological polar surface area (TPSA) is 67.2 Å². The number of rotatable bonds is 5. The van der Waals surface area contributed by atoms with Crippen molar-refractivity contribution in [2.24, 2.45) is 5.92 Å². The smallest absolute Gasteiger partial charge is 0.229 e. The molecule has 0 saturated carbocycles. The molecule has 1 saturated heterocycles. The molecule has 0 radical (unpaired) electrons. The van der Waals surface area contributed by atoms with Gasteiger partial charge in [-0.15, -0.1) is 0 Å². The van der Waals surface area contributed by atoms with Gasteiger partial charge in [-0.05, 0) is 29.1 Å². The highest BCUT2D eigenvalue weighted by Crippen LogP contribution is 2.32. The third kappa shape index (κ3) is 3.92. The Balaban J connectivity index is 1.30. The SMILES string of the molecule is O=C(Nc1cccc(Cn2ccnc2)c1)C1CC(=O)N(c2cccc3ccccc23)C1. The third-order valence-electron chi connectivity index (χ3n) is 5.67. The molecule has 6 nitrogen and oxygen atoms in total. The lowest BCUT2D eigenvalue weighted by atomic mass is 10.1. The number of carbonyl (C=O) groups is 2. The molecular formula is C25H22N4O2. The average molecular weight is 410 g/mol. The molecule has 6 heteroatoms. The Bertz CT molecular complexity index is 1240. The first-order chi connectivity index (χ1) is 15.2. The molecular weight excluding hydrogens is 388 g/mol. The van der Waals surface area contributed by atoms with Crippen molar-refractivity contribution in [2.75, 3.05) is 16.8 Å². The number of benzene rings is 3. The lowest BCUT2D eigenvalue weighted by Crippen LogP contribution is -2.28. The van der Waals surface area contributed by atoms with Gasteiger partial charge in [-0.1, -0.05) is 48.5 Å². The molecule has 0 spiro atoms. The van der Waals surface area contributed by atoms with Gasteiger partial charge in [0.05, 0.1) is 17.9 Å². The lowest BCUT2D eigenvalue weighted by Gasteiger charge is -2.19. The largest absolute Gasteiger partial charge is 0.333 e. The van der Waals surface area contributed by atoms with E-state index in [1.165, 1.54) is 0 Å². The highest BCUT2D eigenvalue weighted by Gasteiger charge is 2.35. The molecule has 31 heavy (non-hydrogen) atoms. The fraction of sp³-hybridized carbons (Fsp3) is 0.160. The number of nitrogens with one attached hydrogen (secondary N) is 1. The Morgan fingerprint density at radius 2 is 1.90 bits per heavy atom. The maximum atomic E-state index is 12.9. The third-order valence-corrected chi connectivity index (χ3v) is 5.67. The molecule has 1 fully saturated rings. The van der Waals surface area contributed by atoms with E-state index in [0.29, 0.717) is 13.1 Å². The summed E-state index contributed by atoms with van der Waals surface area (Å²) in [7, 11) is 0. The molecule has 0 bridgehead atoms. The van der Waals surface area contributed by atoms with Gasteiger partial charge in [0.25, 0.3) is 0 Å². The summed E-state index contributed by atoms with van der Waals surface area (Å²) in [5, 5.41) is 5.09. The Hall–Kier alpha value is -3.93. The number of amides is 2. The van der Waals surface area contributed by atoms with Crippen LogP contribution in [0.2, 0.25) is 0 Å². The van der Waals surface area contributed by atoms with E-state index in [4.69, 9.17) is 0 Å². The average Bonchev–Trinajstić information content (AvgIpc) is 3.43. The van der Waals surface area contributed by atoms with Crippen molar-refractivity contribution in [3.63, 3.8) is 0 Å². The van der Waals surface area contributed by atoms with E-state index in [1.54, 1.807) is 17.4 Å². The van der Waals surface area contributed by atoms with E-state index >= 15 is 0 Å². The van der Waals surface area contributed by atoms with Crippen molar-refractivity contribution in [1.82, 2.24) is 9.55 Å². The number of anilines is 2. The van der Waals surface area contributed by atoms with E-state index in [9.17, 15) is 9.59 Å². The summed E-state index contributed by atoms with van der Waals surface area (Å²) in [6.45, 7) is 1.06. The standard InChI is InChI=1S/C25H22N4O2/c30-24-14-20(16-29(24)23-10-4-7-19-6-1-2-9-22(19)23)25(31)27-21-8-3-5-18(13-21)15-28-12-11-26-17-28/h1-13,17,20H,14-16H2,(H,27,31). The van der Waals surface area contributed by atoms with Crippen molar-refractivity contribution >= 4 is 34.0 Å². The number of hydrogen-bond donors (Lipinski definition) is 1. The number of fused-ring (bicyclic) bond motifs is 1. The zero-order valence-electron chi connectivity index (χ0n) is 16.9. The van der Waals surface area contributed by atoms with Gasteiger partial charge < -0.3 is 14.8 Å². The van der Waals surface area contributed by atoms with Crippen LogP contribution in [0, 0.1) is 5.92 Å². The monoisotopic (exact) mass is 410 g/mol. The minimum Gasteiger partial charge on any atom is -0.333 e. The highest BCUT2D eigenvalue weighted by atomic mass is 16.2. The van der Waals surface area contributed by atoms with Gasteiger partial charge in [-0.25, -0.2) is 4.98 Å². The van der Waals surface area contributed by atoms with Crippen molar-refractivity contribution < 1.29 is 9.59 Å². The molecule has 3 aromatic carbocycles. The van der Waals surface area contributed by atoms with Crippen LogP contribution in [-0.2, 0) is 16.1 Å². The quantitative estimate of drug-likeness (QED) is 0.539. The van der Waals surface area contributed by atoms with Crippen molar-refractivity contribution in [1.29, 1.82) is 0 Å². The molecule has 5 rings (SSSR count). The van der Waals surface area contributed by atoms with Crippen LogP contribution in [0.4, 0.5) is 11.4 Å². The lowest BCUT2D eigenvalue weighted by molar-refractivity contribution is -0.122. The summed E-state index contributed by atoms with van der Waals surface area (Å²) in [6.07, 6.45) is 5.61. The van der Waals surface area contributed by atoms with Gasteiger partial charge in [0.2, 0.25) is 11.8 Å². The maximum Gasteiger partial charge on any atom is 0.229 e. The van der Waals surface area contributed by atoms with Gasteiger partial charge in [0.15, 0.2) is 0 Å². The van der Waals surface area contributed by atoms with Crippen LogP contribution in [0.15, 0.2) is 85.5 Å². The fourth-order valence-electron chi connectivity index (χ4n) is 4.14. The second-order valence-corrected chi connectivity index (χ2v) is 7.83. The number of hydrogen-bond acceptors (Lipinski definition) is 3. The van der Waals surface area contributed by atoms with Gasteiger partial charge in [-0.2, -0.15) is 0 Å². The minimum atomic E-state index is -0.385. The van der Waals surface area contributed by atoms with Gasteiger partial charge in [0, 0.05) is 43.0 Å². The molecule has 4 aromatic rings. The summed E-state index contributed by atoms with van der Waals surface area (Å²) in [5.41, 5.74) is 2.66. The number of aromatic nitrogens is 2. The Labute approximate surface area is 180 Å². The van der Waals surface area contributed by atoms with Crippen LogP contribution < -0.4 is 10.2 Å². The summed E-state index contributed by atoms with van der Waals surface area (Å²) in [6, 6.07) is 21.7. The second kappa shape index (κ2) is 8.07. The van der Waals surface area contributed by atoms with Crippen molar-refractivity contribution in [2.45, 2.75) is 13.0 Å². The first-order valence-electron chi connectivity index (χ1n) is 10.3. The molecule has 0 aliphatic carbocycles. The van der Waals surface area contributed by atoms with E-state index in [0.717, 1.165) is 27.7 Å². The molecule has 1 aliphatic heterocycles. The van der Waals surface area contributed by atoms with Crippen LogP contribution in [0.3, 0.4) is 0 Å². The minimum absolute atomic E-state index is 0.0228. The van der Waals surface area contributed by atoms with E-state index in [1.807, 2.05) is 77.5 Å². The van der Waals surface area contributed by atoms with E-state index in [-0.39, 0.29) is 24.2 Å². The number of imidazole rings is 1. The Morgan fingerprint density at radius 3 is 2.77 bits per heavy atom. The van der Waals surface area contributed by atoms with E-state index < -0.39 is 0 Å². The first kappa shape index (κ1) is 19.1. The molecule has 1 aliphatic rings. The highest BCUT2D eigenvalue weighted by molar-refractivity contribution is 6.08. The van der Waals surface area contributed by atoms with Crippen molar-refractivity contribution in [3.8, 4) is 0 Å². The normalized spacial score (nSPS) is 16.1. The Morgan fingerprint density at radius 1 is 1.06 bits per heavy atom. The number of carbonyl (C=O) groups excluding carboxylic acids is 2. The zero-order chi connectivity index (χ0) is 21.2. The molecule has 1 unspecified atom stereocenters. The molecule has 2 heterocycles. The fourth-order valence-corrected chi connectivity index (χ4v) is 4.14. The molecule has 2 amide bonds. The van der Waals surface area contributed by atoms with Crippen LogP contribution in [-0.4, -0.2) is 27.9 Å². The summed E-state index contributed by atoms with van der Waals surface area (Å²) in [4.78, 5) is 31.5. The first-order valence-corrected chi connectivity index (χ1v) is 10.3. The summed E-state index contributed by atoms with van der Waals surface area (Å²) in [5.74, 6) is -0.537. The van der Waals surface area contributed by atoms with Crippen LogP contribution in [0.5, 0.6) is 0 Å². The molecule has 1 atom stereocenters. The number of nitrogens with zero attached hydrogens (tertiary/aromatic N) is 3. The van der Waals surface area contributed by atoms with Crippen LogP contribution in [0.25, 0.3) is 10.8 Å². The zero-order valence-corrected chi connectivity index (χ0v) is 16.9. The van der Waals surface area contributed by atoms with Crippen molar-refractivity contribution in [3.05, 3.63) is 91.0 Å². The molecule has 1 aromatic heterocycles. The van der Waals surface area contributed by atoms with Gasteiger partial charge in [0.1, 0.15) is 0 Å². The predicted molar refractivity (Wildman–Crippen MR) is 121 cm³/mol. The van der Waals surface area contributed by atoms with Gasteiger partial charge in [-0.3, -0.25) is 9.59 Å². The second-order valence-electron chi connectivity index (χ2n) is 7.83. The predicted octanol–water partition coefficient (Wildman–Crippen LogP) is 4.08. The van der Waals surface area contributed by atoms with Gasteiger partial charge >= 0.3 is 0 Å². The van der Waals surface area contributed by atoms with E-state index in [2.05, 4.69) is 10.3 Å².